The minimum Gasteiger partial charge on any atom is -0.493 e. The zero-order valence-corrected chi connectivity index (χ0v) is 9.85. The highest BCUT2D eigenvalue weighted by Gasteiger charge is 2.15. The van der Waals surface area contributed by atoms with E-state index in [1.165, 1.54) is 27.2 Å². The second kappa shape index (κ2) is 5.83. The molecule has 6 heteroatoms. The van der Waals surface area contributed by atoms with Gasteiger partial charge in [0.15, 0.2) is 23.0 Å². The van der Waals surface area contributed by atoms with E-state index in [9.17, 15) is 9.59 Å². The molecule has 17 heavy (non-hydrogen) atoms. The second-order valence-corrected chi connectivity index (χ2v) is 3.15. The Balaban J connectivity index is 2.93. The number of carbonyl (C=O) groups is 2. The third-order valence-electron chi connectivity index (χ3n) is 1.89. The predicted molar refractivity (Wildman–Crippen MR) is 58.1 cm³/mol. The van der Waals surface area contributed by atoms with Crippen LogP contribution in [0.15, 0.2) is 12.3 Å². The number of Topliss-reactive ketones (excluding diaryl/α,β-unsaturated/α-hetero) is 1. The van der Waals surface area contributed by atoms with Crippen LogP contribution in [0.1, 0.15) is 24.3 Å². The summed E-state index contributed by atoms with van der Waals surface area (Å²) in [4.78, 5) is 25.8. The molecule has 0 spiro atoms. The minimum atomic E-state index is -0.475. The molecule has 0 radical (unpaired) electrons. The van der Waals surface area contributed by atoms with Gasteiger partial charge in [-0.2, -0.15) is 0 Å². The van der Waals surface area contributed by atoms with Gasteiger partial charge in [0.1, 0.15) is 0 Å². The Kier molecular flexibility index (Phi) is 4.45. The number of pyridine rings is 1. The highest BCUT2D eigenvalue weighted by atomic mass is 16.7. The van der Waals surface area contributed by atoms with Crippen molar-refractivity contribution >= 4 is 11.8 Å². The number of nitrogens with zero attached hydrogens (tertiary/aromatic N) is 1. The molecule has 1 aromatic heterocycles. The van der Waals surface area contributed by atoms with Crippen LogP contribution < -0.4 is 9.47 Å². The van der Waals surface area contributed by atoms with Gasteiger partial charge >= 0.3 is 5.97 Å². The zero-order chi connectivity index (χ0) is 12.8. The maximum Gasteiger partial charge on any atom is 0.305 e. The zero-order valence-electron chi connectivity index (χ0n) is 9.85. The van der Waals surface area contributed by atoms with Gasteiger partial charge in [-0.05, 0) is 0 Å². The molecule has 0 aliphatic carbocycles. The van der Waals surface area contributed by atoms with Gasteiger partial charge in [-0.25, -0.2) is 4.98 Å². The lowest BCUT2D eigenvalue weighted by Crippen LogP contribution is -2.11. The van der Waals surface area contributed by atoms with Gasteiger partial charge in [-0.3, -0.25) is 9.59 Å². The van der Waals surface area contributed by atoms with Crippen LogP contribution in [0, 0.1) is 0 Å². The quantitative estimate of drug-likeness (QED) is 0.436. The van der Waals surface area contributed by atoms with Crippen molar-refractivity contribution in [3.8, 4) is 11.5 Å². The van der Waals surface area contributed by atoms with Crippen molar-refractivity contribution in [3.63, 3.8) is 0 Å². The van der Waals surface area contributed by atoms with Crippen LogP contribution in [0.25, 0.3) is 0 Å². The Bertz CT molecular complexity index is 430. The predicted octanol–water partition coefficient (Wildman–Crippen LogP) is 1.19. The molecule has 1 aromatic rings. The first-order valence-electron chi connectivity index (χ1n) is 4.86. The average Bonchev–Trinajstić information content (AvgIpc) is 2.28. The van der Waals surface area contributed by atoms with Gasteiger partial charge in [-0.1, -0.05) is 0 Å². The summed E-state index contributed by atoms with van der Waals surface area (Å²) in [5.74, 6) is -0.208. The molecule has 6 nitrogen and oxygen atoms in total. The van der Waals surface area contributed by atoms with E-state index in [-0.39, 0.29) is 24.0 Å². The lowest BCUT2D eigenvalue weighted by molar-refractivity contribution is -0.147. The number of hydrogen-bond donors (Lipinski definition) is 0. The van der Waals surface area contributed by atoms with Crippen LogP contribution in [0.3, 0.4) is 0 Å². The molecular weight excluding hydrogens is 226 g/mol. The number of esters is 1. The molecule has 0 saturated carbocycles. The SMILES string of the molecule is COc1ccnc(C(C)=O)c1OCOC(C)=O. The minimum absolute atomic E-state index is 0.136. The summed E-state index contributed by atoms with van der Waals surface area (Å²) in [6, 6.07) is 1.55. The Morgan fingerprint density at radius 1 is 1.35 bits per heavy atom. The molecule has 0 bridgehead atoms. The summed E-state index contributed by atoms with van der Waals surface area (Å²) in [6.07, 6.45) is 1.44. The van der Waals surface area contributed by atoms with E-state index in [2.05, 4.69) is 9.72 Å². The number of rotatable bonds is 5. The number of hydrogen-bond acceptors (Lipinski definition) is 6. The molecule has 1 heterocycles. The summed E-state index contributed by atoms with van der Waals surface area (Å²) in [6.45, 7) is 2.33. The summed E-state index contributed by atoms with van der Waals surface area (Å²) >= 11 is 0. The number of methoxy groups -OCH3 is 1. The largest absolute Gasteiger partial charge is 0.493 e. The molecule has 0 saturated heterocycles. The van der Waals surface area contributed by atoms with Crippen molar-refractivity contribution in [2.75, 3.05) is 13.9 Å². The summed E-state index contributed by atoms with van der Waals surface area (Å²) < 4.78 is 14.8. The molecule has 92 valence electrons. The fraction of sp³-hybridized carbons (Fsp3) is 0.364. The van der Waals surface area contributed by atoms with Crippen molar-refractivity contribution < 1.29 is 23.8 Å². The van der Waals surface area contributed by atoms with Crippen LogP contribution in [0.5, 0.6) is 11.5 Å². The number of ketones is 1. The smallest absolute Gasteiger partial charge is 0.305 e. The monoisotopic (exact) mass is 239 g/mol. The summed E-state index contributed by atoms with van der Waals surface area (Å²) in [5.41, 5.74) is 0.136. The van der Waals surface area contributed by atoms with Crippen LogP contribution in [-0.4, -0.2) is 30.6 Å². The Labute approximate surface area is 98.5 Å². The molecular formula is C11H13NO5. The molecule has 1 rings (SSSR count). The van der Waals surface area contributed by atoms with Crippen molar-refractivity contribution in [3.05, 3.63) is 18.0 Å². The first-order chi connectivity index (χ1) is 8.06. The lowest BCUT2D eigenvalue weighted by Gasteiger charge is -2.12. The average molecular weight is 239 g/mol. The Morgan fingerprint density at radius 3 is 2.59 bits per heavy atom. The molecule has 0 N–H and O–H groups in total. The summed E-state index contributed by atoms with van der Waals surface area (Å²) in [7, 11) is 1.44. The van der Waals surface area contributed by atoms with E-state index in [1.54, 1.807) is 6.07 Å². The standard InChI is InChI=1S/C11H13NO5/c1-7(13)10-11(17-6-16-8(2)14)9(15-3)4-5-12-10/h4-5H,6H2,1-3H3. The van der Waals surface area contributed by atoms with E-state index >= 15 is 0 Å². The molecule has 0 aliphatic heterocycles. The van der Waals surface area contributed by atoms with E-state index in [0.717, 1.165) is 0 Å². The van der Waals surface area contributed by atoms with E-state index in [0.29, 0.717) is 5.75 Å². The topological polar surface area (TPSA) is 74.7 Å². The van der Waals surface area contributed by atoms with E-state index in [1.807, 2.05) is 0 Å². The first kappa shape index (κ1) is 13.0. The maximum atomic E-state index is 11.3. The second-order valence-electron chi connectivity index (χ2n) is 3.15. The normalized spacial score (nSPS) is 9.59. The van der Waals surface area contributed by atoms with Crippen molar-refractivity contribution in [2.24, 2.45) is 0 Å². The van der Waals surface area contributed by atoms with Crippen molar-refractivity contribution in [1.82, 2.24) is 4.98 Å². The first-order valence-corrected chi connectivity index (χ1v) is 4.86. The fourth-order valence-electron chi connectivity index (χ4n) is 1.15. The molecule has 0 amide bonds. The summed E-state index contributed by atoms with van der Waals surface area (Å²) in [5, 5.41) is 0. The highest BCUT2D eigenvalue weighted by Crippen LogP contribution is 2.29. The Hall–Kier alpha value is -2.11. The Morgan fingerprint density at radius 2 is 2.06 bits per heavy atom. The molecule has 0 unspecified atom stereocenters. The van der Waals surface area contributed by atoms with Crippen molar-refractivity contribution in [2.45, 2.75) is 13.8 Å². The number of aromatic nitrogens is 1. The van der Waals surface area contributed by atoms with E-state index < -0.39 is 5.97 Å². The van der Waals surface area contributed by atoms with Crippen LogP contribution in [0.4, 0.5) is 0 Å². The third-order valence-corrected chi connectivity index (χ3v) is 1.89. The highest BCUT2D eigenvalue weighted by molar-refractivity contribution is 5.95. The van der Waals surface area contributed by atoms with Gasteiger partial charge in [0.2, 0.25) is 6.79 Å². The van der Waals surface area contributed by atoms with Crippen LogP contribution in [0.2, 0.25) is 0 Å². The molecule has 0 fully saturated rings. The van der Waals surface area contributed by atoms with Gasteiger partial charge in [0.25, 0.3) is 0 Å². The number of ether oxygens (including phenoxy) is 3. The maximum absolute atomic E-state index is 11.3. The van der Waals surface area contributed by atoms with Crippen LogP contribution >= 0.6 is 0 Å². The molecule has 0 aromatic carbocycles. The van der Waals surface area contributed by atoms with Gasteiger partial charge < -0.3 is 14.2 Å². The van der Waals surface area contributed by atoms with Crippen molar-refractivity contribution in [1.29, 1.82) is 0 Å². The van der Waals surface area contributed by atoms with Crippen LogP contribution in [-0.2, 0) is 9.53 Å². The van der Waals surface area contributed by atoms with Gasteiger partial charge in [0.05, 0.1) is 7.11 Å². The van der Waals surface area contributed by atoms with E-state index in [4.69, 9.17) is 9.47 Å². The lowest BCUT2D eigenvalue weighted by atomic mass is 10.2. The fourth-order valence-corrected chi connectivity index (χ4v) is 1.15. The molecule has 0 aliphatic rings. The number of carbonyl (C=O) groups excluding carboxylic acids is 2. The van der Waals surface area contributed by atoms with Gasteiger partial charge in [0, 0.05) is 26.1 Å². The van der Waals surface area contributed by atoms with Gasteiger partial charge in [-0.15, -0.1) is 0 Å². The molecule has 0 atom stereocenters. The third kappa shape index (κ3) is 3.44.